The summed E-state index contributed by atoms with van der Waals surface area (Å²) >= 11 is 6.40. The van der Waals surface area contributed by atoms with Crippen LogP contribution in [0.2, 0.25) is 5.02 Å². The summed E-state index contributed by atoms with van der Waals surface area (Å²) in [5, 5.41) is 6.59. The number of aromatic nitrogens is 1. The fourth-order valence-corrected chi connectivity index (χ4v) is 3.74. The molecule has 0 N–H and O–H groups in total. The van der Waals surface area contributed by atoms with Gasteiger partial charge in [0.25, 0.3) is 5.91 Å². The smallest absolute Gasteiger partial charge is 0.280 e. The number of halogens is 1. The van der Waals surface area contributed by atoms with Gasteiger partial charge in [-0.2, -0.15) is 10.1 Å². The highest BCUT2D eigenvalue weighted by molar-refractivity contribution is 6.33. The van der Waals surface area contributed by atoms with Gasteiger partial charge in [-0.1, -0.05) is 41.9 Å². The molecule has 1 aliphatic rings. The SMILES string of the molecule is CC1=NN(c2ccccc2)C(=O)/C1=C\c1cc(C)n(-c2ccccc2Cl)c1C. The zero-order chi connectivity index (χ0) is 19.8. The first-order valence-electron chi connectivity index (χ1n) is 9.08. The van der Waals surface area contributed by atoms with E-state index in [4.69, 9.17) is 11.6 Å². The molecule has 0 spiro atoms. The molecule has 4 rings (SSSR count). The second kappa shape index (κ2) is 7.13. The van der Waals surface area contributed by atoms with Gasteiger partial charge in [-0.05, 0) is 62.7 Å². The lowest BCUT2D eigenvalue weighted by Crippen LogP contribution is -2.21. The van der Waals surface area contributed by atoms with Crippen LogP contribution in [-0.2, 0) is 4.79 Å². The number of amides is 1. The van der Waals surface area contributed by atoms with Gasteiger partial charge in [-0.15, -0.1) is 0 Å². The van der Waals surface area contributed by atoms with Crippen LogP contribution in [0.1, 0.15) is 23.9 Å². The summed E-state index contributed by atoms with van der Waals surface area (Å²) in [6, 6.07) is 19.3. The largest absolute Gasteiger partial charge is 0.316 e. The molecule has 1 aliphatic heterocycles. The molecule has 0 saturated heterocycles. The Labute approximate surface area is 169 Å². The number of benzene rings is 2. The number of hydrogen-bond acceptors (Lipinski definition) is 2. The van der Waals surface area contributed by atoms with Crippen LogP contribution < -0.4 is 5.01 Å². The van der Waals surface area contributed by atoms with Crippen molar-refractivity contribution in [2.75, 3.05) is 5.01 Å². The van der Waals surface area contributed by atoms with Crippen molar-refractivity contribution in [1.29, 1.82) is 0 Å². The molecule has 0 atom stereocenters. The minimum Gasteiger partial charge on any atom is -0.316 e. The Morgan fingerprint density at radius 2 is 1.64 bits per heavy atom. The predicted octanol–water partition coefficient (Wildman–Crippen LogP) is 5.55. The van der Waals surface area contributed by atoms with Crippen molar-refractivity contribution in [1.82, 2.24) is 4.57 Å². The second-order valence-electron chi connectivity index (χ2n) is 6.81. The molecule has 0 aliphatic carbocycles. The number of aryl methyl sites for hydroxylation is 1. The maximum Gasteiger partial charge on any atom is 0.280 e. The molecule has 2 heterocycles. The molecule has 0 radical (unpaired) electrons. The van der Waals surface area contributed by atoms with Crippen molar-refractivity contribution in [3.05, 3.63) is 88.2 Å². The molecule has 3 aromatic rings. The van der Waals surface area contributed by atoms with Crippen LogP contribution in [0.3, 0.4) is 0 Å². The lowest BCUT2D eigenvalue weighted by Gasteiger charge is -2.12. The molecule has 140 valence electrons. The zero-order valence-electron chi connectivity index (χ0n) is 16.0. The Kier molecular flexibility index (Phi) is 4.65. The van der Waals surface area contributed by atoms with Crippen LogP contribution in [0.15, 0.2) is 71.3 Å². The summed E-state index contributed by atoms with van der Waals surface area (Å²) in [6.45, 7) is 5.93. The van der Waals surface area contributed by atoms with Crippen LogP contribution in [0.5, 0.6) is 0 Å². The first kappa shape index (κ1) is 18.3. The normalized spacial score (nSPS) is 15.4. The Morgan fingerprint density at radius 1 is 0.964 bits per heavy atom. The average molecular weight is 390 g/mol. The lowest BCUT2D eigenvalue weighted by atomic mass is 10.1. The number of rotatable bonds is 3. The molecule has 0 bridgehead atoms. The van der Waals surface area contributed by atoms with Gasteiger partial charge in [0.05, 0.1) is 27.7 Å². The maximum atomic E-state index is 13.0. The van der Waals surface area contributed by atoms with E-state index < -0.39 is 0 Å². The van der Waals surface area contributed by atoms with Crippen LogP contribution >= 0.6 is 11.6 Å². The van der Waals surface area contributed by atoms with Crippen molar-refractivity contribution in [2.24, 2.45) is 5.10 Å². The Bertz CT molecular complexity index is 1130. The molecular formula is C23H20ClN3O. The fraction of sp³-hybridized carbons (Fsp3) is 0.130. The van der Waals surface area contributed by atoms with Crippen molar-refractivity contribution in [2.45, 2.75) is 20.8 Å². The standard InChI is InChI=1S/C23H20ClN3O/c1-15-13-18(17(3)26(15)22-12-8-7-11-21(22)24)14-20-16(2)25-27(23(20)28)19-9-5-4-6-10-19/h4-14H,1-3H3/b20-14-. The number of anilines is 1. The first-order valence-corrected chi connectivity index (χ1v) is 9.46. The van der Waals surface area contributed by atoms with E-state index >= 15 is 0 Å². The molecule has 28 heavy (non-hydrogen) atoms. The van der Waals surface area contributed by atoms with Gasteiger partial charge < -0.3 is 4.57 Å². The predicted molar refractivity (Wildman–Crippen MR) is 115 cm³/mol. The summed E-state index contributed by atoms with van der Waals surface area (Å²) in [6.07, 6.45) is 1.92. The summed E-state index contributed by atoms with van der Waals surface area (Å²) in [4.78, 5) is 13.0. The van der Waals surface area contributed by atoms with Gasteiger partial charge in [0.1, 0.15) is 0 Å². The van der Waals surface area contributed by atoms with Gasteiger partial charge in [0.15, 0.2) is 0 Å². The summed E-state index contributed by atoms with van der Waals surface area (Å²) in [5.41, 5.74) is 6.05. The molecule has 0 saturated carbocycles. The molecule has 5 heteroatoms. The highest BCUT2D eigenvalue weighted by Crippen LogP contribution is 2.29. The quantitative estimate of drug-likeness (QED) is 0.541. The Morgan fingerprint density at radius 3 is 2.36 bits per heavy atom. The number of carbonyl (C=O) groups excluding carboxylic acids is 1. The molecule has 4 nitrogen and oxygen atoms in total. The van der Waals surface area contributed by atoms with E-state index in [-0.39, 0.29) is 5.91 Å². The Balaban J connectivity index is 1.75. The highest BCUT2D eigenvalue weighted by Gasteiger charge is 2.29. The van der Waals surface area contributed by atoms with Crippen molar-refractivity contribution < 1.29 is 4.79 Å². The van der Waals surface area contributed by atoms with Crippen LogP contribution in [0, 0.1) is 13.8 Å². The van der Waals surface area contributed by atoms with Gasteiger partial charge in [0.2, 0.25) is 0 Å². The summed E-state index contributed by atoms with van der Waals surface area (Å²) < 4.78 is 2.11. The maximum absolute atomic E-state index is 13.0. The van der Waals surface area contributed by atoms with Crippen LogP contribution in [0.4, 0.5) is 5.69 Å². The van der Waals surface area contributed by atoms with E-state index in [1.54, 1.807) is 0 Å². The lowest BCUT2D eigenvalue weighted by molar-refractivity contribution is -0.114. The van der Waals surface area contributed by atoms with E-state index in [0.29, 0.717) is 16.3 Å². The number of nitrogens with zero attached hydrogens (tertiary/aromatic N) is 3. The van der Waals surface area contributed by atoms with Gasteiger partial charge in [-0.25, -0.2) is 0 Å². The third kappa shape index (κ3) is 3.06. The monoisotopic (exact) mass is 389 g/mol. The highest BCUT2D eigenvalue weighted by atomic mass is 35.5. The molecular weight excluding hydrogens is 370 g/mol. The van der Waals surface area contributed by atoms with E-state index in [2.05, 4.69) is 15.7 Å². The first-order chi connectivity index (χ1) is 13.5. The minimum atomic E-state index is -0.119. The number of hydrazone groups is 1. The molecule has 0 unspecified atom stereocenters. The van der Waals surface area contributed by atoms with Crippen LogP contribution in [0.25, 0.3) is 11.8 Å². The third-order valence-electron chi connectivity index (χ3n) is 4.93. The van der Waals surface area contributed by atoms with E-state index in [0.717, 1.165) is 28.3 Å². The summed E-state index contributed by atoms with van der Waals surface area (Å²) in [5.74, 6) is -0.119. The minimum absolute atomic E-state index is 0.119. The number of para-hydroxylation sites is 2. The van der Waals surface area contributed by atoms with Crippen molar-refractivity contribution in [3.63, 3.8) is 0 Å². The third-order valence-corrected chi connectivity index (χ3v) is 5.25. The number of carbonyl (C=O) groups is 1. The average Bonchev–Trinajstić information content (AvgIpc) is 3.13. The molecule has 2 aromatic carbocycles. The molecule has 1 amide bonds. The number of hydrogen-bond donors (Lipinski definition) is 0. The molecule has 1 aromatic heterocycles. The van der Waals surface area contributed by atoms with Gasteiger partial charge >= 0.3 is 0 Å². The molecule has 0 fully saturated rings. The fourth-order valence-electron chi connectivity index (χ4n) is 3.52. The Hall–Kier alpha value is -3.11. The second-order valence-corrected chi connectivity index (χ2v) is 7.22. The van der Waals surface area contributed by atoms with Crippen LogP contribution in [-0.4, -0.2) is 16.2 Å². The topological polar surface area (TPSA) is 37.6 Å². The van der Waals surface area contributed by atoms with E-state index in [1.165, 1.54) is 5.01 Å². The summed E-state index contributed by atoms with van der Waals surface area (Å²) in [7, 11) is 0. The van der Waals surface area contributed by atoms with Gasteiger partial charge in [-0.3, -0.25) is 4.79 Å². The van der Waals surface area contributed by atoms with E-state index in [1.807, 2.05) is 81.4 Å². The van der Waals surface area contributed by atoms with Crippen molar-refractivity contribution >= 4 is 35.0 Å². The zero-order valence-corrected chi connectivity index (χ0v) is 16.7. The van der Waals surface area contributed by atoms with E-state index in [9.17, 15) is 4.79 Å². The van der Waals surface area contributed by atoms with Gasteiger partial charge in [0, 0.05) is 11.4 Å². The van der Waals surface area contributed by atoms with Crippen molar-refractivity contribution in [3.8, 4) is 5.69 Å².